The Balaban J connectivity index is 1.57. The molecule has 1 saturated carbocycles. The Morgan fingerprint density at radius 2 is 1.90 bits per heavy atom. The van der Waals surface area contributed by atoms with Crippen LogP contribution in [-0.2, 0) is 16.0 Å². The zero-order valence-corrected chi connectivity index (χ0v) is 11.9. The summed E-state index contributed by atoms with van der Waals surface area (Å²) in [5.41, 5.74) is 1.71. The lowest BCUT2D eigenvalue weighted by molar-refractivity contribution is -0.136. The van der Waals surface area contributed by atoms with Crippen molar-refractivity contribution in [3.05, 3.63) is 29.8 Å². The van der Waals surface area contributed by atoms with Crippen molar-refractivity contribution in [1.82, 2.24) is 5.32 Å². The van der Waals surface area contributed by atoms with E-state index in [2.05, 4.69) is 10.6 Å². The fourth-order valence-electron chi connectivity index (χ4n) is 3.31. The lowest BCUT2D eigenvalue weighted by Gasteiger charge is -2.23. The molecule has 1 spiro atoms. The molecule has 3 rings (SSSR count). The van der Waals surface area contributed by atoms with E-state index in [1.807, 2.05) is 0 Å². The van der Waals surface area contributed by atoms with Gasteiger partial charge in [0.1, 0.15) is 0 Å². The number of nitrogens with one attached hydrogen (secondary N) is 2. The minimum absolute atomic E-state index is 0.00691. The molecule has 3 N–H and O–H groups in total. The number of aliphatic carboxylic acids is 1. The van der Waals surface area contributed by atoms with Gasteiger partial charge in [-0.25, -0.2) is 0 Å². The number of carboxylic acid groups (broad SMARTS) is 1. The molecule has 1 aliphatic heterocycles. The maximum atomic E-state index is 12.3. The zero-order chi connectivity index (χ0) is 14.9. The van der Waals surface area contributed by atoms with Gasteiger partial charge in [0.25, 0.3) is 0 Å². The van der Waals surface area contributed by atoms with Crippen molar-refractivity contribution in [1.29, 1.82) is 0 Å². The molecule has 1 aromatic rings. The van der Waals surface area contributed by atoms with Gasteiger partial charge in [0, 0.05) is 11.6 Å². The average molecular weight is 288 g/mol. The van der Waals surface area contributed by atoms with Gasteiger partial charge in [-0.05, 0) is 55.5 Å². The summed E-state index contributed by atoms with van der Waals surface area (Å²) in [5.74, 6) is -0.612. The highest BCUT2D eigenvalue weighted by Crippen LogP contribution is 2.58. The van der Waals surface area contributed by atoms with Crippen LogP contribution < -0.4 is 10.6 Å². The van der Waals surface area contributed by atoms with Gasteiger partial charge in [-0.1, -0.05) is 12.1 Å². The topological polar surface area (TPSA) is 78.4 Å². The summed E-state index contributed by atoms with van der Waals surface area (Å²) in [7, 11) is 0. The van der Waals surface area contributed by atoms with Gasteiger partial charge in [-0.3, -0.25) is 9.59 Å². The molecule has 21 heavy (non-hydrogen) atoms. The Kier molecular flexibility index (Phi) is 3.68. The number of carbonyl (C=O) groups excluding carboxylic acids is 1. The van der Waals surface area contributed by atoms with Crippen LogP contribution in [0.3, 0.4) is 0 Å². The molecule has 1 unspecified atom stereocenters. The summed E-state index contributed by atoms with van der Waals surface area (Å²) in [6, 6.07) is 7.04. The first-order valence-corrected chi connectivity index (χ1v) is 7.41. The molecule has 2 fully saturated rings. The number of hydrogen-bond acceptors (Lipinski definition) is 3. The van der Waals surface area contributed by atoms with Gasteiger partial charge >= 0.3 is 5.97 Å². The summed E-state index contributed by atoms with van der Waals surface area (Å²) >= 11 is 0. The van der Waals surface area contributed by atoms with Crippen molar-refractivity contribution in [2.45, 2.75) is 25.7 Å². The van der Waals surface area contributed by atoms with Gasteiger partial charge < -0.3 is 15.7 Å². The van der Waals surface area contributed by atoms with E-state index >= 15 is 0 Å². The Labute approximate surface area is 123 Å². The number of carbonyl (C=O) groups is 2. The van der Waals surface area contributed by atoms with Crippen LogP contribution >= 0.6 is 0 Å². The molecular weight excluding hydrogens is 268 g/mol. The minimum Gasteiger partial charge on any atom is -0.481 e. The second-order valence-electron chi connectivity index (χ2n) is 6.13. The molecule has 0 radical (unpaired) electrons. The van der Waals surface area contributed by atoms with Gasteiger partial charge in [0.2, 0.25) is 5.91 Å². The lowest BCUT2D eigenvalue weighted by Crippen LogP contribution is -2.31. The number of piperidine rings is 1. The smallest absolute Gasteiger partial charge is 0.307 e. The number of rotatable bonds is 4. The van der Waals surface area contributed by atoms with Crippen LogP contribution in [-0.4, -0.2) is 30.1 Å². The summed E-state index contributed by atoms with van der Waals surface area (Å²) in [5, 5.41) is 15.0. The third-order valence-corrected chi connectivity index (χ3v) is 4.68. The molecule has 1 saturated heterocycles. The highest BCUT2D eigenvalue weighted by atomic mass is 16.4. The molecule has 0 bridgehead atoms. The Hall–Kier alpha value is -1.88. The molecule has 112 valence electrons. The average Bonchev–Trinajstić information content (AvgIpc) is 3.15. The predicted octanol–water partition coefficient (Wildman–Crippen LogP) is 1.64. The van der Waals surface area contributed by atoms with Crippen LogP contribution in [0.2, 0.25) is 0 Å². The van der Waals surface area contributed by atoms with Gasteiger partial charge in [0.15, 0.2) is 0 Å². The summed E-state index contributed by atoms with van der Waals surface area (Å²) in [6.07, 6.45) is 3.18. The van der Waals surface area contributed by atoms with Gasteiger partial charge in [0.05, 0.1) is 6.42 Å². The van der Waals surface area contributed by atoms with Gasteiger partial charge in [-0.2, -0.15) is 0 Å². The molecule has 1 aromatic carbocycles. The van der Waals surface area contributed by atoms with Gasteiger partial charge in [-0.15, -0.1) is 0 Å². The molecule has 1 heterocycles. The Bertz CT molecular complexity index is 547. The van der Waals surface area contributed by atoms with Crippen LogP contribution in [0.15, 0.2) is 24.3 Å². The van der Waals surface area contributed by atoms with Crippen LogP contribution in [0, 0.1) is 11.3 Å². The van der Waals surface area contributed by atoms with E-state index in [-0.39, 0.29) is 23.7 Å². The molecule has 0 aromatic heterocycles. The van der Waals surface area contributed by atoms with Crippen LogP contribution in [0.4, 0.5) is 5.69 Å². The SMILES string of the molecule is O=C(O)Cc1ccc(NC(=O)C2CC23CCNCC3)cc1. The van der Waals surface area contributed by atoms with Crippen molar-refractivity contribution in [3.8, 4) is 0 Å². The number of benzene rings is 1. The first-order chi connectivity index (χ1) is 10.1. The second kappa shape index (κ2) is 5.48. The maximum Gasteiger partial charge on any atom is 0.307 e. The minimum atomic E-state index is -0.849. The highest BCUT2D eigenvalue weighted by Gasteiger charge is 2.57. The molecular formula is C16H20N2O3. The van der Waals surface area contributed by atoms with Crippen molar-refractivity contribution in [2.24, 2.45) is 11.3 Å². The largest absolute Gasteiger partial charge is 0.481 e. The molecule has 5 nitrogen and oxygen atoms in total. The van der Waals surface area contributed by atoms with Crippen molar-refractivity contribution in [2.75, 3.05) is 18.4 Å². The molecule has 2 aliphatic rings. The Morgan fingerprint density at radius 1 is 1.24 bits per heavy atom. The monoisotopic (exact) mass is 288 g/mol. The highest BCUT2D eigenvalue weighted by molar-refractivity contribution is 5.95. The first-order valence-electron chi connectivity index (χ1n) is 7.41. The van der Waals surface area contributed by atoms with E-state index in [1.165, 1.54) is 0 Å². The van der Waals surface area contributed by atoms with E-state index in [1.54, 1.807) is 24.3 Å². The summed E-state index contributed by atoms with van der Waals surface area (Å²) < 4.78 is 0. The third-order valence-electron chi connectivity index (χ3n) is 4.68. The van der Waals surface area contributed by atoms with Crippen LogP contribution in [0.1, 0.15) is 24.8 Å². The predicted molar refractivity (Wildman–Crippen MR) is 79.1 cm³/mol. The maximum absolute atomic E-state index is 12.3. The number of amides is 1. The standard InChI is InChI=1S/C16H20N2O3/c19-14(20)9-11-1-3-12(4-2-11)18-15(21)13-10-16(13)5-7-17-8-6-16/h1-4,13,17H,5-10H2,(H,18,21)(H,19,20). The fraction of sp³-hybridized carbons (Fsp3) is 0.500. The fourth-order valence-corrected chi connectivity index (χ4v) is 3.31. The summed E-state index contributed by atoms with van der Waals surface area (Å²) in [6.45, 7) is 2.02. The normalized spacial score (nSPS) is 22.8. The molecule has 1 aliphatic carbocycles. The van der Waals surface area contributed by atoms with Crippen molar-refractivity contribution >= 4 is 17.6 Å². The third kappa shape index (κ3) is 3.08. The molecule has 1 atom stereocenters. The number of carboxylic acids is 1. The molecule has 5 heteroatoms. The van der Waals surface area contributed by atoms with E-state index in [9.17, 15) is 9.59 Å². The van der Waals surface area contributed by atoms with E-state index in [4.69, 9.17) is 5.11 Å². The van der Waals surface area contributed by atoms with Crippen molar-refractivity contribution in [3.63, 3.8) is 0 Å². The zero-order valence-electron chi connectivity index (χ0n) is 11.9. The number of anilines is 1. The van der Waals surface area contributed by atoms with E-state index in [0.717, 1.165) is 43.6 Å². The Morgan fingerprint density at radius 3 is 2.52 bits per heavy atom. The van der Waals surface area contributed by atoms with E-state index < -0.39 is 5.97 Å². The second-order valence-corrected chi connectivity index (χ2v) is 6.13. The van der Waals surface area contributed by atoms with Crippen LogP contribution in [0.5, 0.6) is 0 Å². The lowest BCUT2D eigenvalue weighted by atomic mass is 9.92. The van der Waals surface area contributed by atoms with E-state index in [0.29, 0.717) is 0 Å². The molecule has 1 amide bonds. The van der Waals surface area contributed by atoms with Crippen LogP contribution in [0.25, 0.3) is 0 Å². The van der Waals surface area contributed by atoms with Crippen molar-refractivity contribution < 1.29 is 14.7 Å². The first kappa shape index (κ1) is 14.1. The summed E-state index contributed by atoms with van der Waals surface area (Å²) in [4.78, 5) is 22.9. The quantitative estimate of drug-likeness (QED) is 0.787. The number of hydrogen-bond donors (Lipinski definition) is 3.